The van der Waals surface area contributed by atoms with Crippen molar-refractivity contribution in [2.45, 2.75) is 34.1 Å². The van der Waals surface area contributed by atoms with Gasteiger partial charge in [0.15, 0.2) is 0 Å². The molecule has 102 valence electrons. The smallest absolute Gasteiger partial charge is 0.118 e. The second-order valence-electron chi connectivity index (χ2n) is 4.42. The van der Waals surface area contributed by atoms with Crippen molar-refractivity contribution in [3.8, 4) is 11.5 Å². The molecule has 0 aliphatic carbocycles. The Morgan fingerprint density at radius 1 is 0.737 bits per heavy atom. The zero-order chi connectivity index (χ0) is 14.4. The van der Waals surface area contributed by atoms with E-state index in [2.05, 4.69) is 0 Å². The third-order valence-electron chi connectivity index (χ3n) is 2.93. The quantitative estimate of drug-likeness (QED) is 0.841. The predicted molar refractivity (Wildman–Crippen MR) is 79.8 cm³/mol. The van der Waals surface area contributed by atoms with E-state index in [1.54, 1.807) is 12.1 Å². The Kier molecular flexibility index (Phi) is 5.43. The third kappa shape index (κ3) is 4.02. The maximum atomic E-state index is 9.46. The van der Waals surface area contributed by atoms with E-state index in [-0.39, 0.29) is 0 Å². The molecule has 0 amide bonds. The monoisotopic (exact) mass is 258 g/mol. The first-order chi connectivity index (χ1) is 9.06. The molecule has 0 unspecified atom stereocenters. The van der Waals surface area contributed by atoms with E-state index in [4.69, 9.17) is 0 Å². The number of benzene rings is 2. The normalized spacial score (nSPS) is 9.68. The first-order valence-corrected chi connectivity index (χ1v) is 6.63. The van der Waals surface area contributed by atoms with Crippen LogP contribution >= 0.6 is 0 Å². The molecule has 0 atom stereocenters. The Bertz CT molecular complexity index is 495. The average Bonchev–Trinajstić information content (AvgIpc) is 2.41. The minimum absolute atomic E-state index is 0.329. The van der Waals surface area contributed by atoms with E-state index in [1.165, 1.54) is 0 Å². The van der Waals surface area contributed by atoms with Gasteiger partial charge in [0.05, 0.1) is 0 Å². The second kappa shape index (κ2) is 6.83. The maximum absolute atomic E-state index is 9.46. The summed E-state index contributed by atoms with van der Waals surface area (Å²) in [6.07, 6.45) is 0.808. The summed E-state index contributed by atoms with van der Waals surface area (Å²) in [6.45, 7) is 7.78. The van der Waals surface area contributed by atoms with Gasteiger partial charge in [0.2, 0.25) is 0 Å². The van der Waals surface area contributed by atoms with E-state index < -0.39 is 0 Å². The molecule has 0 aromatic heterocycles. The Hall–Kier alpha value is -1.96. The highest BCUT2D eigenvalue weighted by atomic mass is 16.3. The maximum Gasteiger partial charge on any atom is 0.118 e. The van der Waals surface area contributed by atoms with Crippen LogP contribution in [0, 0.1) is 13.8 Å². The summed E-state index contributed by atoms with van der Waals surface area (Å²) in [5.74, 6) is 0.659. The second-order valence-corrected chi connectivity index (χ2v) is 4.42. The number of hydrogen-bond donors (Lipinski definition) is 2. The summed E-state index contributed by atoms with van der Waals surface area (Å²) >= 11 is 0. The predicted octanol–water partition coefficient (Wildman–Crippen LogP) is 4.33. The molecular formula is C17H22O2. The van der Waals surface area contributed by atoms with Crippen LogP contribution < -0.4 is 0 Å². The largest absolute Gasteiger partial charge is 0.508 e. The van der Waals surface area contributed by atoms with Crippen molar-refractivity contribution < 1.29 is 10.2 Å². The van der Waals surface area contributed by atoms with Crippen LogP contribution in [-0.2, 0) is 6.42 Å². The molecule has 0 aliphatic rings. The van der Waals surface area contributed by atoms with Crippen molar-refractivity contribution in [2.24, 2.45) is 0 Å². The molecule has 0 radical (unpaired) electrons. The lowest BCUT2D eigenvalue weighted by atomic mass is 10.0. The van der Waals surface area contributed by atoms with Gasteiger partial charge >= 0.3 is 0 Å². The summed E-state index contributed by atoms with van der Waals surface area (Å²) in [5, 5.41) is 18.9. The molecule has 0 saturated heterocycles. The van der Waals surface area contributed by atoms with Crippen molar-refractivity contribution >= 4 is 0 Å². The van der Waals surface area contributed by atoms with Gasteiger partial charge in [-0.05, 0) is 54.7 Å². The van der Waals surface area contributed by atoms with E-state index in [0.717, 1.165) is 28.7 Å². The van der Waals surface area contributed by atoms with Crippen molar-refractivity contribution in [1.29, 1.82) is 0 Å². The summed E-state index contributed by atoms with van der Waals surface area (Å²) in [5.41, 5.74) is 4.09. The first-order valence-electron chi connectivity index (χ1n) is 6.63. The molecule has 0 spiro atoms. The summed E-state index contributed by atoms with van der Waals surface area (Å²) in [4.78, 5) is 0. The molecule has 0 saturated carbocycles. The summed E-state index contributed by atoms with van der Waals surface area (Å²) in [7, 11) is 0. The van der Waals surface area contributed by atoms with Gasteiger partial charge in [0.1, 0.15) is 11.5 Å². The van der Waals surface area contributed by atoms with Crippen molar-refractivity contribution in [2.75, 3.05) is 0 Å². The van der Waals surface area contributed by atoms with E-state index >= 15 is 0 Å². The van der Waals surface area contributed by atoms with Crippen LogP contribution in [-0.4, -0.2) is 10.2 Å². The minimum atomic E-state index is 0.329. The van der Waals surface area contributed by atoms with E-state index in [1.807, 2.05) is 52.0 Å². The number of aryl methyl sites for hydroxylation is 2. The zero-order valence-electron chi connectivity index (χ0n) is 12.1. The summed E-state index contributed by atoms with van der Waals surface area (Å²) < 4.78 is 0. The molecule has 0 bridgehead atoms. The lowest BCUT2D eigenvalue weighted by Crippen LogP contribution is -1.90. The van der Waals surface area contributed by atoms with Crippen molar-refractivity contribution in [3.05, 3.63) is 58.7 Å². The highest BCUT2D eigenvalue weighted by Gasteiger charge is 2.02. The van der Waals surface area contributed by atoms with Gasteiger partial charge in [0, 0.05) is 0 Å². The molecule has 2 rings (SSSR count). The number of aromatic hydroxyl groups is 2. The fourth-order valence-electron chi connectivity index (χ4n) is 1.89. The van der Waals surface area contributed by atoms with Crippen LogP contribution in [0.1, 0.15) is 36.1 Å². The van der Waals surface area contributed by atoms with Crippen LogP contribution in [0.15, 0.2) is 36.4 Å². The van der Waals surface area contributed by atoms with E-state index in [0.29, 0.717) is 11.5 Å². The van der Waals surface area contributed by atoms with Gasteiger partial charge in [0.25, 0.3) is 0 Å². The Morgan fingerprint density at radius 3 is 1.42 bits per heavy atom. The number of phenols is 2. The van der Waals surface area contributed by atoms with Crippen LogP contribution in [0.2, 0.25) is 0 Å². The number of phenolic OH excluding ortho intramolecular Hbond substituents is 2. The van der Waals surface area contributed by atoms with Crippen LogP contribution in [0.4, 0.5) is 0 Å². The van der Waals surface area contributed by atoms with Gasteiger partial charge in [-0.3, -0.25) is 0 Å². The molecule has 2 aromatic carbocycles. The first kappa shape index (κ1) is 15.1. The van der Waals surface area contributed by atoms with Crippen LogP contribution in [0.5, 0.6) is 11.5 Å². The zero-order valence-corrected chi connectivity index (χ0v) is 12.1. The Balaban J connectivity index is 0.000000861. The molecule has 0 heterocycles. The highest BCUT2D eigenvalue weighted by Crippen LogP contribution is 2.22. The standard InChI is InChI=1S/C15H16O2.C2H6/c1-10-7-12(3-5-14(10)16)9-13-4-6-15(17)11(2)8-13;1-2/h3-8,16-17H,9H2,1-2H3;1-2H3. The molecule has 2 heteroatoms. The van der Waals surface area contributed by atoms with Gasteiger partial charge in [-0.2, -0.15) is 0 Å². The molecule has 2 aromatic rings. The van der Waals surface area contributed by atoms with Gasteiger partial charge < -0.3 is 10.2 Å². The fraction of sp³-hybridized carbons (Fsp3) is 0.294. The average molecular weight is 258 g/mol. The molecule has 2 nitrogen and oxygen atoms in total. The van der Waals surface area contributed by atoms with Gasteiger partial charge in [-0.15, -0.1) is 0 Å². The lowest BCUT2D eigenvalue weighted by Gasteiger charge is -2.06. The highest BCUT2D eigenvalue weighted by molar-refractivity contribution is 5.40. The molecule has 2 N–H and O–H groups in total. The SMILES string of the molecule is CC.Cc1cc(Cc2ccc(O)c(C)c2)ccc1O. The van der Waals surface area contributed by atoms with Gasteiger partial charge in [-0.25, -0.2) is 0 Å². The number of rotatable bonds is 2. The Labute approximate surface area is 115 Å². The lowest BCUT2D eigenvalue weighted by molar-refractivity contribution is 0.470. The minimum Gasteiger partial charge on any atom is -0.508 e. The van der Waals surface area contributed by atoms with Crippen LogP contribution in [0.25, 0.3) is 0 Å². The molecule has 19 heavy (non-hydrogen) atoms. The van der Waals surface area contributed by atoms with E-state index in [9.17, 15) is 10.2 Å². The topological polar surface area (TPSA) is 40.5 Å². The van der Waals surface area contributed by atoms with Gasteiger partial charge in [-0.1, -0.05) is 38.1 Å². The van der Waals surface area contributed by atoms with Crippen molar-refractivity contribution in [1.82, 2.24) is 0 Å². The molecular weight excluding hydrogens is 236 g/mol. The van der Waals surface area contributed by atoms with Crippen molar-refractivity contribution in [3.63, 3.8) is 0 Å². The Morgan fingerprint density at radius 2 is 1.11 bits per heavy atom. The third-order valence-corrected chi connectivity index (χ3v) is 2.93. The molecule has 0 fully saturated rings. The summed E-state index contributed by atoms with van der Waals surface area (Å²) in [6, 6.07) is 11.2. The van der Waals surface area contributed by atoms with Crippen LogP contribution in [0.3, 0.4) is 0 Å². The molecule has 0 aliphatic heterocycles. The fourth-order valence-corrected chi connectivity index (χ4v) is 1.89. The number of hydrogen-bond acceptors (Lipinski definition) is 2.